The summed E-state index contributed by atoms with van der Waals surface area (Å²) in [4.78, 5) is 0. The fourth-order valence-corrected chi connectivity index (χ4v) is 3.80. The monoisotopic (exact) mass is 391 g/mol. The van der Waals surface area contributed by atoms with Crippen LogP contribution < -0.4 is 5.32 Å². The zero-order valence-corrected chi connectivity index (χ0v) is 15.1. The molecule has 0 aliphatic rings. The Morgan fingerprint density at radius 2 is 1.77 bits per heavy atom. The quantitative estimate of drug-likeness (QED) is 0.570. The van der Waals surface area contributed by atoms with E-state index in [1.165, 1.54) is 11.1 Å². The molecule has 0 saturated carbocycles. The van der Waals surface area contributed by atoms with Crippen molar-refractivity contribution in [2.75, 3.05) is 5.32 Å². The Kier molecular flexibility index (Phi) is 5.12. The zero-order valence-electron chi connectivity index (χ0n) is 11.9. The van der Waals surface area contributed by atoms with Gasteiger partial charge >= 0.3 is 0 Å². The predicted octanol–water partition coefficient (Wildman–Crippen LogP) is 5.64. The molecule has 3 rings (SSSR count). The van der Waals surface area contributed by atoms with Crippen molar-refractivity contribution in [3.63, 3.8) is 0 Å². The highest BCUT2D eigenvalue weighted by Gasteiger charge is 2.05. The number of thioether (sulfide) groups is 1. The van der Waals surface area contributed by atoms with Crippen molar-refractivity contribution >= 4 is 49.8 Å². The lowest BCUT2D eigenvalue weighted by Gasteiger charge is -2.01. The lowest BCUT2D eigenvalue weighted by atomic mass is 10.2. The average molecular weight is 392 g/mol. The molecular weight excluding hydrogens is 378 g/mol. The molecule has 2 aromatic carbocycles. The van der Waals surface area contributed by atoms with E-state index in [0.717, 1.165) is 25.4 Å². The van der Waals surface area contributed by atoms with Gasteiger partial charge in [-0.15, -0.1) is 10.2 Å². The molecule has 0 fully saturated rings. The smallest absolute Gasteiger partial charge is 0.210 e. The Labute approximate surface area is 146 Å². The average Bonchev–Trinajstić information content (AvgIpc) is 2.97. The number of anilines is 2. The van der Waals surface area contributed by atoms with E-state index in [0.29, 0.717) is 0 Å². The van der Waals surface area contributed by atoms with Crippen LogP contribution in [0.15, 0.2) is 57.3 Å². The first-order valence-corrected chi connectivity index (χ1v) is 9.33. The van der Waals surface area contributed by atoms with Crippen LogP contribution in [0.5, 0.6) is 0 Å². The highest BCUT2D eigenvalue weighted by molar-refractivity contribution is 9.10. The van der Waals surface area contributed by atoms with Gasteiger partial charge in [0, 0.05) is 15.9 Å². The van der Waals surface area contributed by atoms with E-state index in [-0.39, 0.29) is 0 Å². The molecule has 0 aliphatic heterocycles. The molecule has 3 aromatic rings. The maximum atomic E-state index is 4.22. The first-order chi connectivity index (χ1) is 10.7. The summed E-state index contributed by atoms with van der Waals surface area (Å²) in [7, 11) is 0. The lowest BCUT2D eigenvalue weighted by molar-refractivity contribution is 1.01. The van der Waals surface area contributed by atoms with Crippen molar-refractivity contribution in [2.24, 2.45) is 0 Å². The van der Waals surface area contributed by atoms with E-state index in [9.17, 15) is 0 Å². The summed E-state index contributed by atoms with van der Waals surface area (Å²) in [5.74, 6) is 0.895. The second kappa shape index (κ2) is 7.26. The number of nitrogens with one attached hydrogen (secondary N) is 1. The number of benzene rings is 2. The molecule has 0 radical (unpaired) electrons. The van der Waals surface area contributed by atoms with Gasteiger partial charge in [0.1, 0.15) is 0 Å². The fraction of sp³-hybridized carbons (Fsp3) is 0.125. The van der Waals surface area contributed by atoms with Crippen LogP contribution in [0, 0.1) is 6.92 Å². The fourth-order valence-electron chi connectivity index (χ4n) is 1.80. The van der Waals surface area contributed by atoms with Gasteiger partial charge in [-0.25, -0.2) is 0 Å². The van der Waals surface area contributed by atoms with Gasteiger partial charge in [-0.3, -0.25) is 0 Å². The summed E-state index contributed by atoms with van der Waals surface area (Å²) < 4.78 is 2.07. The highest BCUT2D eigenvalue weighted by Crippen LogP contribution is 2.30. The zero-order chi connectivity index (χ0) is 15.4. The summed E-state index contributed by atoms with van der Waals surface area (Å²) in [5, 5.41) is 12.5. The van der Waals surface area contributed by atoms with E-state index in [1.54, 1.807) is 23.1 Å². The van der Waals surface area contributed by atoms with Crippen molar-refractivity contribution in [2.45, 2.75) is 17.0 Å². The third-order valence-corrected chi connectivity index (χ3v) is 5.56. The predicted molar refractivity (Wildman–Crippen MR) is 98.1 cm³/mol. The number of aryl methyl sites for hydroxylation is 1. The summed E-state index contributed by atoms with van der Waals surface area (Å²) in [6.45, 7) is 2.07. The Morgan fingerprint density at radius 3 is 2.50 bits per heavy atom. The molecule has 112 valence electrons. The molecule has 1 aromatic heterocycles. The molecule has 0 bridgehead atoms. The molecular formula is C16H14BrN3S2. The number of nitrogens with zero attached hydrogens (tertiary/aromatic N) is 2. The molecule has 22 heavy (non-hydrogen) atoms. The molecule has 0 unspecified atom stereocenters. The number of halogens is 1. The van der Waals surface area contributed by atoms with Crippen LogP contribution >= 0.6 is 39.0 Å². The first-order valence-electron chi connectivity index (χ1n) is 6.73. The van der Waals surface area contributed by atoms with Gasteiger partial charge in [0.25, 0.3) is 0 Å². The summed E-state index contributed by atoms with van der Waals surface area (Å²) in [5.41, 5.74) is 3.55. The Morgan fingerprint density at radius 1 is 1.05 bits per heavy atom. The van der Waals surface area contributed by atoms with Crippen LogP contribution in [-0.4, -0.2) is 10.2 Å². The van der Waals surface area contributed by atoms with Gasteiger partial charge in [0.05, 0.1) is 0 Å². The van der Waals surface area contributed by atoms with Crippen LogP contribution in [0.4, 0.5) is 10.8 Å². The minimum Gasteiger partial charge on any atom is -0.330 e. The second-order valence-corrected chi connectivity index (χ2v) is 7.89. The third kappa shape index (κ3) is 4.32. The molecule has 6 heteroatoms. The van der Waals surface area contributed by atoms with Crippen molar-refractivity contribution in [3.8, 4) is 0 Å². The van der Waals surface area contributed by atoms with Crippen molar-refractivity contribution in [1.82, 2.24) is 10.2 Å². The maximum Gasteiger partial charge on any atom is 0.210 e. The Balaban J connectivity index is 1.59. The van der Waals surface area contributed by atoms with Crippen LogP contribution in [0.3, 0.4) is 0 Å². The Bertz CT molecular complexity index is 739. The second-order valence-electron chi connectivity index (χ2n) is 4.78. The van der Waals surface area contributed by atoms with E-state index in [1.807, 2.05) is 12.1 Å². The molecule has 3 nitrogen and oxygen atoms in total. The molecule has 0 aliphatic carbocycles. The number of hydrogen-bond acceptors (Lipinski definition) is 5. The van der Waals surface area contributed by atoms with Gasteiger partial charge in [-0.2, -0.15) is 0 Å². The maximum absolute atomic E-state index is 4.22. The van der Waals surface area contributed by atoms with E-state index < -0.39 is 0 Å². The molecule has 0 atom stereocenters. The summed E-state index contributed by atoms with van der Waals surface area (Å²) in [6.07, 6.45) is 0. The van der Waals surface area contributed by atoms with Crippen molar-refractivity contribution in [3.05, 3.63) is 64.1 Å². The largest absolute Gasteiger partial charge is 0.330 e. The molecule has 1 N–H and O–H groups in total. The number of aromatic nitrogens is 2. The highest BCUT2D eigenvalue weighted by atomic mass is 79.9. The van der Waals surface area contributed by atoms with Crippen LogP contribution in [0.2, 0.25) is 0 Å². The van der Waals surface area contributed by atoms with Gasteiger partial charge in [0.2, 0.25) is 5.13 Å². The lowest BCUT2D eigenvalue weighted by Crippen LogP contribution is -1.88. The molecule has 0 saturated heterocycles. The first kappa shape index (κ1) is 15.5. The molecule has 0 spiro atoms. The number of rotatable bonds is 5. The standard InChI is InChI=1S/C16H14BrN3S2/c1-11-2-8-14(9-3-11)18-15-19-20-16(22-15)21-10-12-4-6-13(17)7-5-12/h2-9H,10H2,1H3,(H,18,19). The summed E-state index contributed by atoms with van der Waals surface area (Å²) >= 11 is 6.72. The van der Waals surface area contributed by atoms with Crippen molar-refractivity contribution in [1.29, 1.82) is 0 Å². The topological polar surface area (TPSA) is 37.8 Å². The van der Waals surface area contributed by atoms with E-state index in [2.05, 4.69) is 74.8 Å². The van der Waals surface area contributed by atoms with Crippen LogP contribution in [-0.2, 0) is 5.75 Å². The minimum atomic E-state index is 0.821. The van der Waals surface area contributed by atoms with Gasteiger partial charge in [-0.1, -0.05) is 68.9 Å². The molecule has 0 amide bonds. The minimum absolute atomic E-state index is 0.821. The van der Waals surface area contributed by atoms with Crippen LogP contribution in [0.1, 0.15) is 11.1 Å². The number of hydrogen-bond donors (Lipinski definition) is 1. The van der Waals surface area contributed by atoms with Gasteiger partial charge in [-0.05, 0) is 36.8 Å². The van der Waals surface area contributed by atoms with E-state index >= 15 is 0 Å². The SMILES string of the molecule is Cc1ccc(Nc2nnc(SCc3ccc(Br)cc3)s2)cc1. The van der Waals surface area contributed by atoms with Crippen LogP contribution in [0.25, 0.3) is 0 Å². The third-order valence-electron chi connectivity index (χ3n) is 2.98. The van der Waals surface area contributed by atoms with Crippen molar-refractivity contribution < 1.29 is 0 Å². The Hall–Kier alpha value is -1.37. The van der Waals surface area contributed by atoms with E-state index in [4.69, 9.17) is 0 Å². The summed E-state index contributed by atoms with van der Waals surface area (Å²) in [6, 6.07) is 16.6. The van der Waals surface area contributed by atoms with Gasteiger partial charge in [0.15, 0.2) is 4.34 Å². The normalized spacial score (nSPS) is 10.6. The molecule has 1 heterocycles. The van der Waals surface area contributed by atoms with Gasteiger partial charge < -0.3 is 5.32 Å².